The van der Waals surface area contributed by atoms with Crippen molar-refractivity contribution in [2.24, 2.45) is 0 Å². The zero-order valence-corrected chi connectivity index (χ0v) is 42.6. The van der Waals surface area contributed by atoms with Crippen molar-refractivity contribution >= 4 is 33.9 Å². The molecule has 5 aromatic rings. The number of hydrogen-bond acceptors (Lipinski definition) is 14. The van der Waals surface area contributed by atoms with Crippen LogP contribution in [-0.2, 0) is 85.5 Å². The van der Waals surface area contributed by atoms with E-state index in [1.807, 2.05) is 152 Å². The molecule has 9 atom stereocenters. The predicted octanol–water partition coefficient (Wildman–Crippen LogP) is 5.74. The van der Waals surface area contributed by atoms with Crippen molar-refractivity contribution in [3.63, 3.8) is 0 Å². The summed E-state index contributed by atoms with van der Waals surface area (Å²) >= 11 is 3.56. The van der Waals surface area contributed by atoms with E-state index in [2.05, 4.69) is 13.8 Å². The number of benzene rings is 5. The Morgan fingerprint density at radius 3 is 1.52 bits per heavy atom. The van der Waals surface area contributed by atoms with Crippen LogP contribution in [0.25, 0.3) is 0 Å². The molecular formula is C51H59NaO12S3. The molecule has 0 amide bonds. The van der Waals surface area contributed by atoms with Crippen molar-refractivity contribution in [1.82, 2.24) is 0 Å². The smallest absolute Gasteiger partial charge is 0.726 e. The average molecular weight is 983 g/mol. The van der Waals surface area contributed by atoms with Crippen LogP contribution in [0.2, 0.25) is 0 Å². The van der Waals surface area contributed by atoms with Crippen LogP contribution in [0.5, 0.6) is 0 Å². The van der Waals surface area contributed by atoms with Gasteiger partial charge in [-0.05, 0) is 39.3 Å². The van der Waals surface area contributed by atoms with Crippen molar-refractivity contribution in [3.05, 3.63) is 179 Å². The molecule has 0 radical (unpaired) electrons. The van der Waals surface area contributed by atoms with Gasteiger partial charge in [0.05, 0.1) is 50.8 Å². The van der Waals surface area contributed by atoms with Gasteiger partial charge in [0.15, 0.2) is 6.29 Å². The van der Waals surface area contributed by atoms with Crippen molar-refractivity contribution in [3.8, 4) is 0 Å². The van der Waals surface area contributed by atoms with E-state index in [1.165, 1.54) is 0 Å². The Labute approximate surface area is 426 Å². The van der Waals surface area contributed by atoms with E-state index in [0.717, 1.165) is 39.3 Å². The molecule has 12 nitrogen and oxygen atoms in total. The summed E-state index contributed by atoms with van der Waals surface area (Å²) in [7, 11) is -5.32. The quantitative estimate of drug-likeness (QED) is 0.0288. The van der Waals surface area contributed by atoms with E-state index in [1.54, 1.807) is 23.5 Å². The first-order chi connectivity index (χ1) is 32.3. The molecule has 0 saturated carbocycles. The van der Waals surface area contributed by atoms with Crippen LogP contribution in [0.3, 0.4) is 0 Å². The largest absolute Gasteiger partial charge is 1.00 e. The molecule has 67 heavy (non-hydrogen) atoms. The van der Waals surface area contributed by atoms with Crippen LogP contribution in [0.4, 0.5) is 0 Å². The van der Waals surface area contributed by atoms with Crippen molar-refractivity contribution < 1.29 is 84.6 Å². The van der Waals surface area contributed by atoms with Gasteiger partial charge in [0, 0.05) is 0 Å². The van der Waals surface area contributed by atoms with Gasteiger partial charge in [-0.15, -0.1) is 23.5 Å². The second kappa shape index (κ2) is 28.3. The van der Waals surface area contributed by atoms with Crippen molar-refractivity contribution in [2.75, 3.05) is 24.7 Å². The molecule has 0 unspecified atom stereocenters. The van der Waals surface area contributed by atoms with Gasteiger partial charge >= 0.3 is 29.6 Å². The topological polar surface area (TPSA) is 140 Å². The minimum Gasteiger partial charge on any atom is -0.726 e. The van der Waals surface area contributed by atoms with Gasteiger partial charge in [0.25, 0.3) is 0 Å². The van der Waals surface area contributed by atoms with Crippen LogP contribution < -0.4 is 29.6 Å². The van der Waals surface area contributed by atoms with Gasteiger partial charge in [-0.1, -0.05) is 166 Å². The van der Waals surface area contributed by atoms with E-state index in [0.29, 0.717) is 6.61 Å². The standard InChI is InChI=1S/C51H60O12S3.Na/c1-3-64-51(65-4-2)49(59-34-41-28-18-9-19-29-41)46-44(42(36-60-46)56-31-38-22-12-6-13-23-38)62-50-48(58-33-40-26-16-8-17-27-40)47(57-32-39-24-14-7-15-25-39)45(63-66(52,53)54)43(61-50)35-55-30-37-20-10-5-11-21-37;/h5-29,42-51H,3-4,30-36H2,1-2H3,(H,52,53,54);/q;+1/p-1/t42-,43-,44+,45+,46+,47+,48-,49-,50+;/m1./s1. The van der Waals surface area contributed by atoms with Crippen LogP contribution in [0.15, 0.2) is 152 Å². The van der Waals surface area contributed by atoms with E-state index < -0.39 is 65.5 Å². The molecular weight excluding hydrogens is 924 g/mol. The minimum atomic E-state index is -5.32. The number of ether oxygens (including phenoxy) is 8. The van der Waals surface area contributed by atoms with Crippen molar-refractivity contribution in [1.29, 1.82) is 0 Å². The molecule has 0 spiro atoms. The summed E-state index contributed by atoms with van der Waals surface area (Å²) in [5.74, 6) is 1.68. The number of hydrogen-bond donors (Lipinski definition) is 0. The zero-order valence-electron chi connectivity index (χ0n) is 38.2. The van der Waals surface area contributed by atoms with E-state index >= 15 is 0 Å². The molecule has 7 rings (SSSR count). The summed E-state index contributed by atoms with van der Waals surface area (Å²) in [4.78, 5) is 0. The minimum absolute atomic E-state index is 0. The first kappa shape index (κ1) is 53.7. The Morgan fingerprint density at radius 1 is 0.597 bits per heavy atom. The Bertz CT molecular complexity index is 2220. The van der Waals surface area contributed by atoms with Crippen LogP contribution in [-0.4, -0.2) is 97.4 Å². The summed E-state index contributed by atoms with van der Waals surface area (Å²) in [5.41, 5.74) is 4.49. The SMILES string of the molecule is CCSC(SCC)[C@H](OCc1ccccc1)[C@H]1OC[C@@H](OCc2ccccc2)[C@@H]1O[C@@H]1O[C@H](COCc2ccccc2)[C@H](OS(=O)(=O)[O-])[C@H](OCc2ccccc2)[C@H]1OCc1ccccc1.[Na+]. The van der Waals surface area contributed by atoms with E-state index in [4.69, 9.17) is 42.1 Å². The number of thioether (sulfide) groups is 2. The fourth-order valence-corrected chi connectivity index (χ4v) is 11.1. The molecule has 0 aromatic heterocycles. The average Bonchev–Trinajstić information content (AvgIpc) is 3.73. The molecule has 2 aliphatic heterocycles. The van der Waals surface area contributed by atoms with Gasteiger partial charge in [-0.3, -0.25) is 4.18 Å². The van der Waals surface area contributed by atoms with Gasteiger partial charge in [-0.25, -0.2) is 8.42 Å². The maximum Gasteiger partial charge on any atom is 1.00 e. The molecule has 16 heteroatoms. The molecule has 354 valence electrons. The monoisotopic (exact) mass is 982 g/mol. The Kier molecular flexibility index (Phi) is 22.6. The first-order valence-electron chi connectivity index (χ1n) is 22.3. The zero-order chi connectivity index (χ0) is 46.0. The summed E-state index contributed by atoms with van der Waals surface area (Å²) in [6.45, 7) is 5.13. The Hall–Kier alpha value is -2.65. The normalized spacial score (nSPS) is 23.5. The maximum absolute atomic E-state index is 12.6. The molecule has 0 bridgehead atoms. The van der Waals surface area contributed by atoms with Crippen molar-refractivity contribution in [2.45, 2.75) is 107 Å². The Balaban J connectivity index is 0.00000741. The molecule has 2 saturated heterocycles. The third kappa shape index (κ3) is 16.7. The molecule has 0 N–H and O–H groups in total. The summed E-state index contributed by atoms with van der Waals surface area (Å²) < 4.78 is 97.3. The molecule has 2 aliphatic rings. The third-order valence-electron chi connectivity index (χ3n) is 11.1. The molecule has 2 fully saturated rings. The van der Waals surface area contributed by atoms with Gasteiger partial charge < -0.3 is 42.4 Å². The summed E-state index contributed by atoms with van der Waals surface area (Å²) in [6, 6.07) is 48.3. The predicted molar refractivity (Wildman–Crippen MR) is 254 cm³/mol. The van der Waals surface area contributed by atoms with E-state index in [-0.39, 0.29) is 73.8 Å². The molecule has 2 heterocycles. The van der Waals surface area contributed by atoms with Crippen LogP contribution >= 0.6 is 23.5 Å². The fourth-order valence-electron chi connectivity index (χ4n) is 7.93. The number of rotatable bonds is 26. The van der Waals surface area contributed by atoms with E-state index in [9.17, 15) is 13.0 Å². The first-order valence-corrected chi connectivity index (χ1v) is 25.7. The summed E-state index contributed by atoms with van der Waals surface area (Å²) in [5, 5.41) is 0. The molecule has 5 aromatic carbocycles. The molecule has 0 aliphatic carbocycles. The third-order valence-corrected chi connectivity index (χ3v) is 14.2. The maximum atomic E-state index is 12.6. The fraction of sp³-hybridized carbons (Fsp3) is 0.412. The Morgan fingerprint density at radius 2 is 1.04 bits per heavy atom. The van der Waals surface area contributed by atoms with Crippen LogP contribution in [0, 0.1) is 0 Å². The van der Waals surface area contributed by atoms with Gasteiger partial charge in [0.2, 0.25) is 10.4 Å². The van der Waals surface area contributed by atoms with Crippen LogP contribution in [0.1, 0.15) is 41.7 Å². The summed E-state index contributed by atoms with van der Waals surface area (Å²) in [6.07, 6.45) is -8.88. The second-order valence-corrected chi connectivity index (χ2v) is 20.0. The van der Waals surface area contributed by atoms with Gasteiger partial charge in [-0.2, -0.15) is 0 Å². The van der Waals surface area contributed by atoms with Gasteiger partial charge in [0.1, 0.15) is 48.8 Å². The second-order valence-electron chi connectivity index (χ2n) is 15.8.